The summed E-state index contributed by atoms with van der Waals surface area (Å²) in [5.41, 5.74) is 15.4. The summed E-state index contributed by atoms with van der Waals surface area (Å²) < 4.78 is 3.48. The van der Waals surface area contributed by atoms with Crippen LogP contribution in [0.15, 0.2) is 83.7 Å². The Kier molecular flexibility index (Phi) is 6.55. The molecular formula is C27H27N5O3. The first-order valence-electron chi connectivity index (χ1n) is 11.1. The zero-order valence-electron chi connectivity index (χ0n) is 19.6. The molecule has 8 nitrogen and oxygen atoms in total. The van der Waals surface area contributed by atoms with Gasteiger partial charge in [0, 0.05) is 31.3 Å². The molecule has 0 saturated carbocycles. The molecule has 8 heteroatoms. The summed E-state index contributed by atoms with van der Waals surface area (Å²) in [5.74, 6) is -0.986. The number of primary amides is 2. The van der Waals surface area contributed by atoms with Gasteiger partial charge in [-0.2, -0.15) is 0 Å². The largest absolute Gasteiger partial charge is 0.366 e. The van der Waals surface area contributed by atoms with Gasteiger partial charge in [0.1, 0.15) is 5.69 Å². The molecule has 4 N–H and O–H groups in total. The predicted molar refractivity (Wildman–Crippen MR) is 136 cm³/mol. The Morgan fingerprint density at radius 3 is 1.66 bits per heavy atom. The first-order chi connectivity index (χ1) is 16.8. The minimum absolute atomic E-state index is 0.140. The minimum Gasteiger partial charge on any atom is -0.366 e. The number of carbonyl (C=O) groups excluding carboxylic acids is 2. The summed E-state index contributed by atoms with van der Waals surface area (Å²) >= 11 is 0. The lowest BCUT2D eigenvalue weighted by atomic mass is 10.1. The third-order valence-corrected chi connectivity index (χ3v) is 6.06. The van der Waals surface area contributed by atoms with Gasteiger partial charge in [-0.25, -0.2) is 4.68 Å². The van der Waals surface area contributed by atoms with E-state index >= 15 is 0 Å². The normalized spacial score (nSPS) is 10.8. The van der Waals surface area contributed by atoms with Crippen molar-refractivity contribution in [2.75, 3.05) is 4.90 Å². The van der Waals surface area contributed by atoms with Gasteiger partial charge in [0.2, 0.25) is 11.8 Å². The number of aromatic nitrogens is 2. The van der Waals surface area contributed by atoms with Gasteiger partial charge < -0.3 is 16.4 Å². The lowest BCUT2D eigenvalue weighted by Gasteiger charge is -2.24. The highest BCUT2D eigenvalue weighted by Crippen LogP contribution is 2.23. The fourth-order valence-electron chi connectivity index (χ4n) is 4.12. The highest BCUT2D eigenvalue weighted by Gasteiger charge is 2.22. The first kappa shape index (κ1) is 23.6. The number of rotatable bonds is 8. The monoisotopic (exact) mass is 469 g/mol. The lowest BCUT2D eigenvalue weighted by Crippen LogP contribution is -2.29. The van der Waals surface area contributed by atoms with Crippen molar-refractivity contribution in [2.24, 2.45) is 18.5 Å². The van der Waals surface area contributed by atoms with E-state index in [9.17, 15) is 14.4 Å². The molecule has 2 amide bonds. The highest BCUT2D eigenvalue weighted by atomic mass is 16.1. The molecule has 0 fully saturated rings. The number of para-hydroxylation sites is 1. The molecule has 0 unspecified atom stereocenters. The molecule has 0 bridgehead atoms. The van der Waals surface area contributed by atoms with Crippen LogP contribution in [0, 0.1) is 6.92 Å². The molecule has 4 aromatic rings. The summed E-state index contributed by atoms with van der Waals surface area (Å²) in [6, 6.07) is 23.5. The van der Waals surface area contributed by atoms with Gasteiger partial charge >= 0.3 is 0 Å². The minimum atomic E-state index is -0.493. The maximum atomic E-state index is 13.7. The molecule has 3 aromatic carbocycles. The predicted octanol–water partition coefficient (Wildman–Crippen LogP) is 2.89. The van der Waals surface area contributed by atoms with Crippen molar-refractivity contribution in [2.45, 2.75) is 20.0 Å². The van der Waals surface area contributed by atoms with Gasteiger partial charge in [-0.1, -0.05) is 42.5 Å². The molecule has 0 spiro atoms. The Balaban J connectivity index is 1.77. The summed E-state index contributed by atoms with van der Waals surface area (Å²) in [5, 5.41) is 0. The molecule has 0 atom stereocenters. The molecule has 0 aliphatic heterocycles. The number of anilines is 1. The van der Waals surface area contributed by atoms with Crippen molar-refractivity contribution in [3.05, 3.63) is 117 Å². The number of hydrogen-bond donors (Lipinski definition) is 2. The molecule has 35 heavy (non-hydrogen) atoms. The zero-order valence-corrected chi connectivity index (χ0v) is 19.6. The average Bonchev–Trinajstić information content (AvgIpc) is 3.07. The topological polar surface area (TPSA) is 116 Å². The van der Waals surface area contributed by atoms with Gasteiger partial charge in [-0.3, -0.25) is 19.1 Å². The van der Waals surface area contributed by atoms with Crippen molar-refractivity contribution >= 4 is 17.5 Å². The second kappa shape index (κ2) is 9.72. The molecule has 0 aliphatic carbocycles. The van der Waals surface area contributed by atoms with Crippen LogP contribution in [0.25, 0.3) is 5.69 Å². The highest BCUT2D eigenvalue weighted by molar-refractivity contribution is 5.93. The Hall–Kier alpha value is -4.59. The van der Waals surface area contributed by atoms with E-state index in [2.05, 4.69) is 0 Å². The third-order valence-electron chi connectivity index (χ3n) is 6.06. The van der Waals surface area contributed by atoms with Crippen LogP contribution in [-0.2, 0) is 20.1 Å². The molecule has 4 rings (SSSR count). The van der Waals surface area contributed by atoms with Gasteiger partial charge in [-0.05, 0) is 54.4 Å². The van der Waals surface area contributed by atoms with E-state index in [0.717, 1.165) is 22.5 Å². The van der Waals surface area contributed by atoms with Gasteiger partial charge in [0.25, 0.3) is 5.56 Å². The fourth-order valence-corrected chi connectivity index (χ4v) is 4.12. The van der Waals surface area contributed by atoms with Gasteiger partial charge in [-0.15, -0.1) is 0 Å². The first-order valence-corrected chi connectivity index (χ1v) is 11.1. The van der Waals surface area contributed by atoms with Crippen LogP contribution in [0.1, 0.15) is 37.5 Å². The fraction of sp³-hybridized carbons (Fsp3) is 0.148. The standard InChI is InChI=1S/C27H27N5O3/c1-18-24(27(35)32(30(18)2)23-6-4-3-5-7-23)31(16-19-8-12-21(13-9-19)25(28)33)17-20-10-14-22(15-11-20)26(29)34/h3-15H,16-17H2,1-2H3,(H2,28,33)(H2,29,34). The Morgan fingerprint density at radius 1 is 0.771 bits per heavy atom. The molecule has 0 saturated heterocycles. The number of nitrogens with two attached hydrogens (primary N) is 2. The second-order valence-corrected chi connectivity index (χ2v) is 8.39. The van der Waals surface area contributed by atoms with Crippen molar-refractivity contribution in [1.82, 2.24) is 9.36 Å². The Morgan fingerprint density at radius 2 is 1.23 bits per heavy atom. The van der Waals surface area contributed by atoms with E-state index < -0.39 is 11.8 Å². The van der Waals surface area contributed by atoms with E-state index in [4.69, 9.17) is 11.5 Å². The number of amides is 2. The lowest BCUT2D eigenvalue weighted by molar-refractivity contribution is 0.0992. The molecular weight excluding hydrogens is 442 g/mol. The van der Waals surface area contributed by atoms with E-state index in [1.54, 1.807) is 28.9 Å². The van der Waals surface area contributed by atoms with E-state index in [1.807, 2.05) is 78.2 Å². The quantitative estimate of drug-likeness (QED) is 0.413. The maximum absolute atomic E-state index is 13.7. The van der Waals surface area contributed by atoms with Crippen LogP contribution >= 0.6 is 0 Å². The van der Waals surface area contributed by atoms with E-state index in [0.29, 0.717) is 29.9 Å². The number of nitrogens with zero attached hydrogens (tertiary/aromatic N) is 3. The van der Waals surface area contributed by atoms with E-state index in [1.165, 1.54) is 0 Å². The summed E-state index contributed by atoms with van der Waals surface area (Å²) in [4.78, 5) is 38.6. The number of carbonyl (C=O) groups is 2. The van der Waals surface area contributed by atoms with Crippen LogP contribution in [0.5, 0.6) is 0 Å². The maximum Gasteiger partial charge on any atom is 0.295 e. The van der Waals surface area contributed by atoms with Crippen molar-refractivity contribution < 1.29 is 9.59 Å². The van der Waals surface area contributed by atoms with Crippen molar-refractivity contribution in [3.63, 3.8) is 0 Å². The number of hydrogen-bond acceptors (Lipinski definition) is 4. The van der Waals surface area contributed by atoms with Crippen LogP contribution in [0.4, 0.5) is 5.69 Å². The molecule has 0 aliphatic rings. The summed E-state index contributed by atoms with van der Waals surface area (Å²) in [6.07, 6.45) is 0. The average molecular weight is 470 g/mol. The third kappa shape index (κ3) is 4.86. The van der Waals surface area contributed by atoms with Crippen molar-refractivity contribution in [3.8, 4) is 5.69 Å². The molecule has 1 aromatic heterocycles. The summed E-state index contributed by atoms with van der Waals surface area (Å²) in [6.45, 7) is 2.76. The van der Waals surface area contributed by atoms with Gasteiger partial charge in [0.15, 0.2) is 0 Å². The van der Waals surface area contributed by atoms with Crippen LogP contribution in [0.3, 0.4) is 0 Å². The SMILES string of the molecule is Cc1c(N(Cc2ccc(C(N)=O)cc2)Cc2ccc(C(N)=O)cc2)c(=O)n(-c2ccccc2)n1C. The second-order valence-electron chi connectivity index (χ2n) is 8.39. The van der Waals surface area contributed by atoms with Crippen LogP contribution in [0.2, 0.25) is 0 Å². The van der Waals surface area contributed by atoms with Crippen LogP contribution < -0.4 is 21.9 Å². The molecule has 1 heterocycles. The van der Waals surface area contributed by atoms with Crippen molar-refractivity contribution in [1.29, 1.82) is 0 Å². The Labute approximate surface area is 203 Å². The smallest absolute Gasteiger partial charge is 0.295 e. The Bertz CT molecular complexity index is 1360. The van der Waals surface area contributed by atoms with E-state index in [-0.39, 0.29) is 5.56 Å². The molecule has 0 radical (unpaired) electrons. The molecule has 178 valence electrons. The van der Waals surface area contributed by atoms with Crippen LogP contribution in [-0.4, -0.2) is 21.2 Å². The number of benzene rings is 3. The zero-order chi connectivity index (χ0) is 25.1. The van der Waals surface area contributed by atoms with Gasteiger partial charge in [0.05, 0.1) is 11.4 Å². The summed E-state index contributed by atoms with van der Waals surface area (Å²) in [7, 11) is 1.86.